The first-order valence-electron chi connectivity index (χ1n) is 47.8. The van der Waals surface area contributed by atoms with E-state index < -0.39 is 0 Å². The van der Waals surface area contributed by atoms with Gasteiger partial charge in [0.05, 0.1) is 0 Å². The van der Waals surface area contributed by atoms with Crippen molar-refractivity contribution in [3.8, 4) is 77.9 Å². The number of hydrogen-bond donors (Lipinski definition) is 0. The fourth-order valence-electron chi connectivity index (χ4n) is 23.5. The van der Waals surface area contributed by atoms with Crippen molar-refractivity contribution in [2.45, 2.75) is 44.9 Å². The minimum absolute atomic E-state index is 1.05. The van der Waals surface area contributed by atoms with Gasteiger partial charge in [-0.1, -0.05) is 461 Å². The van der Waals surface area contributed by atoms with Gasteiger partial charge in [-0.2, -0.15) is 0 Å². The summed E-state index contributed by atoms with van der Waals surface area (Å²) in [6.07, 6.45) is 7.45. The lowest BCUT2D eigenvalue weighted by atomic mass is 9.94. The average molecular weight is 1710 g/mol. The van der Waals surface area contributed by atoms with Gasteiger partial charge < -0.3 is 0 Å². The van der Waals surface area contributed by atoms with Crippen molar-refractivity contribution in [2.75, 3.05) is 0 Å². The average Bonchev–Trinajstić information content (AvgIpc) is 1.59. The third-order valence-electron chi connectivity index (χ3n) is 29.7. The molecule has 632 valence electrons. The Balaban J connectivity index is 0.0000000821. The zero-order valence-corrected chi connectivity index (χ0v) is 75.0. The molecule has 0 saturated carbocycles. The molecule has 135 heavy (non-hydrogen) atoms. The van der Waals surface area contributed by atoms with Gasteiger partial charge in [0.2, 0.25) is 0 Å². The van der Waals surface area contributed by atoms with Crippen molar-refractivity contribution >= 4 is 118 Å². The molecule has 25 aromatic carbocycles. The summed E-state index contributed by atoms with van der Waals surface area (Å²) in [5.41, 5.74) is 40.5. The van der Waals surface area contributed by atoms with Gasteiger partial charge >= 0.3 is 0 Å². The Morgan fingerprint density at radius 3 is 0.696 bits per heavy atom. The van der Waals surface area contributed by atoms with Crippen LogP contribution in [0, 0.1) is 0 Å². The van der Waals surface area contributed by atoms with E-state index in [-0.39, 0.29) is 0 Å². The lowest BCUT2D eigenvalue weighted by Gasteiger charge is -2.09. The molecule has 32 rings (SSSR count). The van der Waals surface area contributed by atoms with E-state index in [4.69, 9.17) is 0 Å². The molecule has 0 aliphatic heterocycles. The number of hydrogen-bond acceptors (Lipinski definition) is 0. The van der Waals surface area contributed by atoms with E-state index in [9.17, 15) is 0 Å². The predicted octanol–water partition coefficient (Wildman–Crippen LogP) is 35.5. The third-order valence-corrected chi connectivity index (χ3v) is 29.7. The van der Waals surface area contributed by atoms with Crippen LogP contribution in [0.15, 0.2) is 473 Å². The summed E-state index contributed by atoms with van der Waals surface area (Å²) in [5, 5.41) is 29.9. The smallest absolute Gasteiger partial charge is 0.000705 e. The highest BCUT2D eigenvalue weighted by Crippen LogP contribution is 2.51. The van der Waals surface area contributed by atoms with Crippen LogP contribution in [0.3, 0.4) is 0 Å². The highest BCUT2D eigenvalue weighted by atomic mass is 14.3. The summed E-state index contributed by atoms with van der Waals surface area (Å²) < 4.78 is 0. The fourth-order valence-corrected chi connectivity index (χ4v) is 23.5. The molecule has 7 aliphatic rings. The molecular formula is C135H92. The topological polar surface area (TPSA) is 0 Å². The molecule has 0 atom stereocenters. The van der Waals surface area contributed by atoms with Gasteiger partial charge in [0, 0.05) is 0 Å². The van der Waals surface area contributed by atoms with Crippen molar-refractivity contribution in [1.29, 1.82) is 0 Å². The van der Waals surface area contributed by atoms with Gasteiger partial charge in [-0.05, 0) is 331 Å². The van der Waals surface area contributed by atoms with Crippen LogP contribution in [-0.4, -0.2) is 0 Å². The van der Waals surface area contributed by atoms with Crippen molar-refractivity contribution in [3.63, 3.8) is 0 Å². The molecule has 0 heterocycles. The highest BCUT2D eigenvalue weighted by Gasteiger charge is 2.29. The first-order chi connectivity index (χ1) is 66.9. The lowest BCUT2D eigenvalue weighted by molar-refractivity contribution is 1.27. The second-order valence-corrected chi connectivity index (χ2v) is 37.3. The third kappa shape index (κ3) is 14.0. The second-order valence-electron chi connectivity index (χ2n) is 37.3. The lowest BCUT2D eigenvalue weighted by Crippen LogP contribution is -1.83. The predicted molar refractivity (Wildman–Crippen MR) is 575 cm³/mol. The molecule has 7 aliphatic carbocycles. The normalized spacial score (nSPS) is 12.5. The molecule has 0 nitrogen and oxygen atoms in total. The Hall–Kier alpha value is -16.6. The summed E-state index contributed by atoms with van der Waals surface area (Å²) in [6, 6.07) is 172. The molecule has 0 N–H and O–H groups in total. The van der Waals surface area contributed by atoms with Crippen molar-refractivity contribution < 1.29 is 0 Å². The van der Waals surface area contributed by atoms with E-state index in [0.29, 0.717) is 0 Å². The minimum atomic E-state index is 1.05. The summed E-state index contributed by atoms with van der Waals surface area (Å²) in [5.74, 6) is 0. The molecule has 0 bridgehead atoms. The standard InChI is InChI=1S/4C21H14.3C17H12/c1-3-7-18-14(5-1)9-11-16-13-17-12-10-15-6-2-4-8-19(15)21(17)20(16)18;2*1-3-7-17-14(5-1)11-12-19-20(17)13-16-10-9-15-6-2-4-8-18(15)21(16)19;1-2-7-16-13-20-18(11-15(16)6-1)12-17-10-9-14-5-3-4-8-19(14)21(17)20;1-3-7-15-12(5-1)9-10-14-11-13-6-2-4-8-16(13)17(14)15;1-3-7-14-12(5-1)9-10-16-15-8-4-2-6-13(15)11-17(14)16;1-2-6-13-11-17-15(9-12(13)5-1)10-14-7-3-4-8-16(14)17/h3*1-12H,13H2;1-11,13H,12H2;2*1-10H,11H2;1-9,11H,10H2. The zero-order chi connectivity index (χ0) is 89.0. The van der Waals surface area contributed by atoms with Crippen LogP contribution in [0.4, 0.5) is 0 Å². The number of benzene rings is 25. The SMILES string of the molecule is c1ccc2c(c1)Cc1c-2ccc2ccccc12.c1ccc2c(c1)Cc1cc3ccccc3cc1-2.c1ccc2c(c1)Cc1ccc3ccccc3c1-2.c1ccc2c3c(ccc2c1)-c1c(ccc2ccccc12)C3.c1ccc2c3c(ccc2c1)-c1c(ccc2ccccc12)C3.c1ccc2c3c(ccc2c1)Cc1ccc2ccccc2c1-3.c1ccc2cc3c(cc2c1)Cc1ccc2ccccc2c1-3. The maximum atomic E-state index is 2.36. The molecule has 0 aromatic heterocycles. The van der Waals surface area contributed by atoms with Crippen molar-refractivity contribution in [2.24, 2.45) is 0 Å². The molecule has 25 aromatic rings. The Morgan fingerprint density at radius 1 is 0.0963 bits per heavy atom. The Morgan fingerprint density at radius 2 is 0.304 bits per heavy atom. The molecule has 0 amide bonds. The number of rotatable bonds is 0. The van der Waals surface area contributed by atoms with Gasteiger partial charge in [-0.25, -0.2) is 0 Å². The maximum Gasteiger partial charge on any atom is -0.000705 e. The molecular weight excluding hydrogens is 1620 g/mol. The van der Waals surface area contributed by atoms with Crippen LogP contribution in [0.1, 0.15) is 77.9 Å². The molecule has 0 saturated heterocycles. The summed E-state index contributed by atoms with van der Waals surface area (Å²) in [4.78, 5) is 0. The van der Waals surface area contributed by atoms with E-state index in [0.717, 1.165) is 44.9 Å². The van der Waals surface area contributed by atoms with Crippen molar-refractivity contribution in [1.82, 2.24) is 0 Å². The summed E-state index contributed by atoms with van der Waals surface area (Å²) in [6.45, 7) is 0. The molecule has 0 fully saturated rings. The van der Waals surface area contributed by atoms with Crippen LogP contribution < -0.4 is 0 Å². The monoisotopic (exact) mass is 1710 g/mol. The molecule has 0 radical (unpaired) electrons. The summed E-state index contributed by atoms with van der Waals surface area (Å²) >= 11 is 0. The Bertz CT molecular complexity index is 8820. The van der Waals surface area contributed by atoms with E-state index in [1.807, 2.05) is 0 Å². The van der Waals surface area contributed by atoms with E-state index >= 15 is 0 Å². The molecule has 0 unspecified atom stereocenters. The van der Waals surface area contributed by atoms with Crippen LogP contribution in [0.25, 0.3) is 196 Å². The first kappa shape index (κ1) is 79.3. The zero-order valence-electron chi connectivity index (χ0n) is 75.0. The van der Waals surface area contributed by atoms with Gasteiger partial charge in [-0.3, -0.25) is 0 Å². The first-order valence-corrected chi connectivity index (χ1v) is 47.8. The van der Waals surface area contributed by atoms with E-state index in [2.05, 4.69) is 473 Å². The van der Waals surface area contributed by atoms with E-state index in [1.165, 1.54) is 274 Å². The maximum absolute atomic E-state index is 2.36. The van der Waals surface area contributed by atoms with Crippen LogP contribution in [0.2, 0.25) is 0 Å². The Labute approximate surface area is 786 Å². The molecule has 0 heteroatoms. The fraction of sp³-hybridized carbons (Fsp3) is 0.0519. The van der Waals surface area contributed by atoms with Crippen molar-refractivity contribution in [3.05, 3.63) is 551 Å². The highest BCUT2D eigenvalue weighted by molar-refractivity contribution is 6.12. The minimum Gasteiger partial charge on any atom is -0.0619 e. The number of fused-ring (bicyclic) bond motifs is 41. The van der Waals surface area contributed by atoms with Gasteiger partial charge in [0.25, 0.3) is 0 Å². The van der Waals surface area contributed by atoms with Gasteiger partial charge in [-0.15, -0.1) is 0 Å². The van der Waals surface area contributed by atoms with E-state index in [1.54, 1.807) is 0 Å². The van der Waals surface area contributed by atoms with Gasteiger partial charge in [0.1, 0.15) is 0 Å². The van der Waals surface area contributed by atoms with Crippen LogP contribution in [-0.2, 0) is 44.9 Å². The van der Waals surface area contributed by atoms with Crippen LogP contribution >= 0.6 is 0 Å². The Kier molecular flexibility index (Phi) is 19.6. The molecule has 0 spiro atoms. The quantitative estimate of drug-likeness (QED) is 0.142. The van der Waals surface area contributed by atoms with Crippen LogP contribution in [0.5, 0.6) is 0 Å². The second kappa shape index (κ2) is 33.3. The van der Waals surface area contributed by atoms with Gasteiger partial charge in [0.15, 0.2) is 0 Å². The largest absolute Gasteiger partial charge is 0.0619 e. The summed E-state index contributed by atoms with van der Waals surface area (Å²) in [7, 11) is 0.